The van der Waals surface area contributed by atoms with E-state index in [1.54, 1.807) is 0 Å². The van der Waals surface area contributed by atoms with E-state index in [1.165, 1.54) is 11.1 Å². The summed E-state index contributed by atoms with van der Waals surface area (Å²) in [6, 6.07) is 16.6. The third-order valence-electron chi connectivity index (χ3n) is 4.24. The average Bonchev–Trinajstić information content (AvgIpc) is 2.55. The fourth-order valence-electron chi connectivity index (χ4n) is 2.88. The molecule has 0 N–H and O–H groups in total. The summed E-state index contributed by atoms with van der Waals surface area (Å²) in [6.07, 6.45) is 0. The van der Waals surface area contributed by atoms with Crippen LogP contribution < -0.4 is 8.88 Å². The minimum atomic E-state index is -2.88. The van der Waals surface area contributed by atoms with Crippen molar-refractivity contribution >= 4 is 27.3 Å². The Balaban J connectivity index is 2.10. The molecule has 1 heterocycles. The van der Waals surface area contributed by atoms with E-state index in [4.69, 9.17) is 0 Å². The molecule has 2 aromatic carbocycles. The van der Waals surface area contributed by atoms with Gasteiger partial charge in [0, 0.05) is 0 Å². The fourth-order valence-corrected chi connectivity index (χ4v) is 10.1. The van der Waals surface area contributed by atoms with Crippen molar-refractivity contribution in [3.05, 3.63) is 59.7 Å². The number of nitrogens with zero attached hydrogens (tertiary/aromatic N) is 4. The molecule has 0 radical (unpaired) electrons. The molecule has 1 saturated heterocycles. The molecule has 1 fully saturated rings. The maximum absolute atomic E-state index is 14.1. The second-order valence-corrected chi connectivity index (χ2v) is 12.1. The van der Waals surface area contributed by atoms with E-state index in [0.29, 0.717) is 0 Å². The zero-order valence-electron chi connectivity index (χ0n) is 15.7. The van der Waals surface area contributed by atoms with Crippen molar-refractivity contribution < 1.29 is 4.57 Å². The first-order chi connectivity index (χ1) is 11.8. The number of benzene rings is 2. The Labute approximate surface area is 152 Å². The van der Waals surface area contributed by atoms with E-state index in [0.717, 1.165) is 11.4 Å². The van der Waals surface area contributed by atoms with Crippen LogP contribution in [-0.4, -0.2) is 37.5 Å². The zero-order valence-corrected chi connectivity index (χ0v) is 17.5. The van der Waals surface area contributed by atoms with Gasteiger partial charge in [0.15, 0.2) is 8.37 Å². The highest BCUT2D eigenvalue weighted by molar-refractivity contribution is 7.96. The van der Waals surface area contributed by atoms with Crippen LogP contribution in [0.25, 0.3) is 0 Å². The van der Waals surface area contributed by atoms with Crippen LogP contribution in [0.5, 0.6) is 0 Å². The van der Waals surface area contributed by atoms with Gasteiger partial charge >= 0.3 is 7.59 Å². The standard InChI is InChI=1S/C18H26N4OP2/c1-15-7-11-17(12-8-15)21-24(19(3)4)22(25(21,23)20(5)6)18-13-9-16(2)10-14-18/h7-14H,1-6H3. The maximum atomic E-state index is 14.1. The fraction of sp³-hybridized carbons (Fsp3) is 0.333. The van der Waals surface area contributed by atoms with Crippen LogP contribution in [0.1, 0.15) is 11.1 Å². The summed E-state index contributed by atoms with van der Waals surface area (Å²) in [5.41, 5.74) is 4.42. The predicted octanol–water partition coefficient (Wildman–Crippen LogP) is 5.09. The summed E-state index contributed by atoms with van der Waals surface area (Å²) in [6.45, 7) is 4.14. The van der Waals surface area contributed by atoms with E-state index < -0.39 is 16.0 Å². The first-order valence-corrected chi connectivity index (χ1v) is 11.0. The molecule has 0 bridgehead atoms. The van der Waals surface area contributed by atoms with Gasteiger partial charge in [-0.15, -0.1) is 0 Å². The zero-order chi connectivity index (χ0) is 18.4. The van der Waals surface area contributed by atoms with Gasteiger partial charge in [0.1, 0.15) is 0 Å². The summed E-state index contributed by atoms with van der Waals surface area (Å²) < 4.78 is 22.3. The van der Waals surface area contributed by atoms with Crippen LogP contribution in [0.3, 0.4) is 0 Å². The second-order valence-electron chi connectivity index (χ2n) is 6.73. The first kappa shape index (κ1) is 18.4. The molecule has 0 spiro atoms. The Bertz CT molecular complexity index is 732. The highest BCUT2D eigenvalue weighted by Crippen LogP contribution is 2.83. The van der Waals surface area contributed by atoms with E-state index in [1.807, 2.05) is 32.9 Å². The van der Waals surface area contributed by atoms with Gasteiger partial charge in [-0.1, -0.05) is 35.4 Å². The largest absolute Gasteiger partial charge is 0.346 e. The second kappa shape index (κ2) is 6.74. The lowest BCUT2D eigenvalue weighted by molar-refractivity contribution is 0.509. The van der Waals surface area contributed by atoms with Crippen LogP contribution in [0, 0.1) is 13.8 Å². The van der Waals surface area contributed by atoms with Crippen LogP contribution in [0.2, 0.25) is 0 Å². The normalized spacial score (nSPS) is 23.3. The molecule has 2 aromatic rings. The highest BCUT2D eigenvalue weighted by atomic mass is 31.3. The maximum Gasteiger partial charge on any atom is 0.346 e. The van der Waals surface area contributed by atoms with Crippen molar-refractivity contribution in [3.63, 3.8) is 0 Å². The SMILES string of the molecule is Cc1ccc(N2P(N(C)C)N(c3ccc(C)cc3)P2(=O)N(C)C)cc1. The molecule has 0 amide bonds. The summed E-state index contributed by atoms with van der Waals surface area (Å²) in [7, 11) is 4.12. The van der Waals surface area contributed by atoms with E-state index in [9.17, 15) is 4.57 Å². The summed E-state index contributed by atoms with van der Waals surface area (Å²) in [5, 5.41) is 0. The molecule has 25 heavy (non-hydrogen) atoms. The molecule has 3 rings (SSSR count). The molecule has 0 aliphatic carbocycles. The molecular formula is C18H26N4OP2. The number of aryl methyl sites for hydroxylation is 2. The number of rotatable bonds is 4. The molecule has 0 aromatic heterocycles. The number of hydrogen-bond acceptors (Lipinski definition) is 2. The Morgan fingerprint density at radius 2 is 1.12 bits per heavy atom. The minimum Gasteiger partial charge on any atom is -0.256 e. The van der Waals surface area contributed by atoms with Crippen molar-refractivity contribution in [2.75, 3.05) is 37.1 Å². The molecule has 7 heteroatoms. The van der Waals surface area contributed by atoms with Crippen molar-refractivity contribution in [3.8, 4) is 0 Å². The molecule has 1 aliphatic rings. The molecule has 134 valence electrons. The van der Waals surface area contributed by atoms with E-state index in [2.05, 4.69) is 75.9 Å². The van der Waals surface area contributed by atoms with Crippen molar-refractivity contribution in [2.45, 2.75) is 13.8 Å². The van der Waals surface area contributed by atoms with Crippen molar-refractivity contribution in [2.24, 2.45) is 0 Å². The summed E-state index contributed by atoms with van der Waals surface area (Å²) in [5.74, 6) is 0. The Morgan fingerprint density at radius 1 is 0.760 bits per heavy atom. The molecule has 1 aliphatic heterocycles. The van der Waals surface area contributed by atoms with Gasteiger partial charge in [-0.25, -0.2) is 13.6 Å². The molecule has 5 nitrogen and oxygen atoms in total. The summed E-state index contributed by atoms with van der Waals surface area (Å²) >= 11 is 0. The monoisotopic (exact) mass is 376 g/mol. The Morgan fingerprint density at radius 3 is 1.40 bits per heavy atom. The smallest absolute Gasteiger partial charge is 0.256 e. The minimum absolute atomic E-state index is 0.881. The van der Waals surface area contributed by atoms with E-state index >= 15 is 0 Å². The van der Waals surface area contributed by atoms with Crippen LogP contribution in [0.4, 0.5) is 11.4 Å². The van der Waals surface area contributed by atoms with Gasteiger partial charge in [-0.2, -0.15) is 0 Å². The van der Waals surface area contributed by atoms with Crippen molar-refractivity contribution in [1.82, 2.24) is 9.34 Å². The molecular weight excluding hydrogens is 350 g/mol. The van der Waals surface area contributed by atoms with Gasteiger partial charge in [0.25, 0.3) is 0 Å². The van der Waals surface area contributed by atoms with Gasteiger partial charge in [-0.05, 0) is 66.3 Å². The Kier molecular flexibility index (Phi) is 4.96. The van der Waals surface area contributed by atoms with Gasteiger partial charge in [0.05, 0.1) is 11.4 Å². The van der Waals surface area contributed by atoms with Gasteiger partial charge in [0.2, 0.25) is 0 Å². The van der Waals surface area contributed by atoms with Crippen LogP contribution in [-0.2, 0) is 4.57 Å². The lowest BCUT2D eigenvalue weighted by Crippen LogP contribution is -2.49. The molecule has 0 atom stereocenters. The third-order valence-corrected chi connectivity index (χ3v) is 10.9. The number of hydrogen-bond donors (Lipinski definition) is 0. The van der Waals surface area contributed by atoms with E-state index in [-0.39, 0.29) is 0 Å². The third kappa shape index (κ3) is 3.00. The van der Waals surface area contributed by atoms with Gasteiger partial charge in [-0.3, -0.25) is 9.24 Å². The summed E-state index contributed by atoms with van der Waals surface area (Å²) in [4.78, 5) is 0. The topological polar surface area (TPSA) is 30.0 Å². The molecule has 0 unspecified atom stereocenters. The lowest BCUT2D eigenvalue weighted by Gasteiger charge is -2.60. The average molecular weight is 376 g/mol. The van der Waals surface area contributed by atoms with Crippen molar-refractivity contribution in [1.29, 1.82) is 0 Å². The van der Waals surface area contributed by atoms with Crippen LogP contribution in [0.15, 0.2) is 48.5 Å². The number of anilines is 2. The predicted molar refractivity (Wildman–Crippen MR) is 109 cm³/mol. The Hall–Kier alpha value is -1.38. The highest BCUT2D eigenvalue weighted by Gasteiger charge is 2.60. The first-order valence-electron chi connectivity index (χ1n) is 8.26. The van der Waals surface area contributed by atoms with Gasteiger partial charge < -0.3 is 0 Å². The lowest BCUT2D eigenvalue weighted by atomic mass is 10.2. The quantitative estimate of drug-likeness (QED) is 0.694. The van der Waals surface area contributed by atoms with Crippen LogP contribution >= 0.6 is 16.0 Å². The molecule has 0 saturated carbocycles.